The van der Waals surface area contributed by atoms with Gasteiger partial charge in [0.25, 0.3) is 0 Å². The summed E-state index contributed by atoms with van der Waals surface area (Å²) in [5, 5.41) is 6.27. The van der Waals surface area contributed by atoms with Crippen LogP contribution in [0, 0.1) is 0 Å². The number of carbonyl (C=O) groups excluding carboxylic acids is 1. The van der Waals surface area contributed by atoms with E-state index < -0.39 is 11.7 Å². The molecule has 1 amide bonds. The average molecular weight is 404 g/mol. The highest BCUT2D eigenvalue weighted by Gasteiger charge is 2.15. The summed E-state index contributed by atoms with van der Waals surface area (Å²) in [7, 11) is 0. The molecule has 0 spiro atoms. The molecule has 0 aliphatic rings. The number of alkyl carbamates (subject to hydrolysis) is 1. The Kier molecular flexibility index (Phi) is 7.20. The number of benzene rings is 2. The van der Waals surface area contributed by atoms with E-state index in [9.17, 15) is 4.79 Å². The Morgan fingerprint density at radius 2 is 1.47 bits per heavy atom. The Morgan fingerprint density at radius 1 is 0.867 bits per heavy atom. The third-order valence-electron chi connectivity index (χ3n) is 4.40. The number of rotatable bonds is 7. The fourth-order valence-electron chi connectivity index (χ4n) is 3.06. The van der Waals surface area contributed by atoms with Gasteiger partial charge in [-0.05, 0) is 66.8 Å². The summed E-state index contributed by atoms with van der Waals surface area (Å²) in [6.45, 7) is 7.55. The summed E-state index contributed by atoms with van der Waals surface area (Å²) in [5.74, 6) is 0. The molecule has 0 bridgehead atoms. The zero-order chi connectivity index (χ0) is 21.4. The van der Waals surface area contributed by atoms with Gasteiger partial charge in [-0.2, -0.15) is 0 Å². The quantitative estimate of drug-likeness (QED) is 0.579. The molecule has 0 fully saturated rings. The molecule has 0 aliphatic carbocycles. The third kappa shape index (κ3) is 7.01. The van der Waals surface area contributed by atoms with Crippen molar-refractivity contribution in [3.63, 3.8) is 0 Å². The second-order valence-electron chi connectivity index (χ2n) is 8.22. The molecule has 0 saturated heterocycles. The minimum atomic E-state index is -0.503. The highest BCUT2D eigenvalue weighted by molar-refractivity contribution is 5.68. The smallest absolute Gasteiger partial charge is 0.407 e. The standard InChI is InChI=1S/C25H29N3O2/c1-25(2,3)30-24(29)28-18-20-8-5-11-23(14-20)22-10-4-7-19(13-22)15-27-17-21-9-6-12-26-16-21/h4-14,16,27H,15,17-18H2,1-3H3,(H,28,29). The van der Waals surface area contributed by atoms with Gasteiger partial charge in [-0.3, -0.25) is 4.98 Å². The number of nitrogens with zero attached hydrogens (tertiary/aromatic N) is 1. The topological polar surface area (TPSA) is 63.2 Å². The van der Waals surface area contributed by atoms with Crippen molar-refractivity contribution in [2.24, 2.45) is 0 Å². The van der Waals surface area contributed by atoms with Crippen molar-refractivity contribution < 1.29 is 9.53 Å². The minimum absolute atomic E-state index is 0.408. The van der Waals surface area contributed by atoms with Crippen LogP contribution in [0.5, 0.6) is 0 Å². The van der Waals surface area contributed by atoms with Crippen molar-refractivity contribution in [1.82, 2.24) is 15.6 Å². The molecule has 5 nitrogen and oxygen atoms in total. The maximum absolute atomic E-state index is 11.9. The Hall–Kier alpha value is -3.18. The summed E-state index contributed by atoms with van der Waals surface area (Å²) < 4.78 is 5.30. The molecule has 1 heterocycles. The number of pyridine rings is 1. The number of amides is 1. The number of hydrogen-bond donors (Lipinski definition) is 2. The lowest BCUT2D eigenvalue weighted by atomic mass is 10.0. The van der Waals surface area contributed by atoms with Crippen LogP contribution in [0.2, 0.25) is 0 Å². The second kappa shape index (κ2) is 10.0. The van der Waals surface area contributed by atoms with E-state index in [4.69, 9.17) is 4.74 Å². The van der Waals surface area contributed by atoms with Gasteiger partial charge < -0.3 is 15.4 Å². The number of nitrogens with one attached hydrogen (secondary N) is 2. The predicted octanol–water partition coefficient (Wildman–Crippen LogP) is 5.06. The number of hydrogen-bond acceptors (Lipinski definition) is 4. The van der Waals surface area contributed by atoms with Crippen molar-refractivity contribution in [1.29, 1.82) is 0 Å². The maximum atomic E-state index is 11.9. The summed E-state index contributed by atoms with van der Waals surface area (Å²) in [5.41, 5.74) is 5.17. The number of aromatic nitrogens is 1. The molecule has 0 unspecified atom stereocenters. The first-order valence-electron chi connectivity index (χ1n) is 10.1. The van der Waals surface area contributed by atoms with E-state index in [1.54, 1.807) is 6.20 Å². The van der Waals surface area contributed by atoms with Crippen molar-refractivity contribution in [3.8, 4) is 11.1 Å². The monoisotopic (exact) mass is 403 g/mol. The Bertz CT molecular complexity index is 965. The van der Waals surface area contributed by atoms with Gasteiger partial charge in [-0.1, -0.05) is 42.5 Å². The van der Waals surface area contributed by atoms with Gasteiger partial charge in [-0.25, -0.2) is 4.79 Å². The zero-order valence-electron chi connectivity index (χ0n) is 17.8. The van der Waals surface area contributed by atoms with E-state index in [1.807, 2.05) is 45.2 Å². The summed E-state index contributed by atoms with van der Waals surface area (Å²) in [6, 6.07) is 20.7. The first-order chi connectivity index (χ1) is 14.4. The van der Waals surface area contributed by atoms with E-state index in [0.717, 1.165) is 29.8 Å². The van der Waals surface area contributed by atoms with Gasteiger partial charge in [0.05, 0.1) is 0 Å². The highest BCUT2D eigenvalue weighted by Crippen LogP contribution is 2.22. The molecule has 0 aliphatic heterocycles. The largest absolute Gasteiger partial charge is 0.444 e. The molecular weight excluding hydrogens is 374 g/mol. The average Bonchev–Trinajstić information content (AvgIpc) is 2.72. The Labute approximate surface area is 178 Å². The fraction of sp³-hybridized carbons (Fsp3) is 0.280. The molecule has 156 valence electrons. The molecule has 5 heteroatoms. The van der Waals surface area contributed by atoms with Gasteiger partial charge >= 0.3 is 6.09 Å². The van der Waals surface area contributed by atoms with E-state index in [2.05, 4.69) is 58.1 Å². The van der Waals surface area contributed by atoms with Crippen LogP contribution in [0.3, 0.4) is 0 Å². The third-order valence-corrected chi connectivity index (χ3v) is 4.40. The van der Waals surface area contributed by atoms with Crippen LogP contribution in [-0.4, -0.2) is 16.7 Å². The zero-order valence-corrected chi connectivity index (χ0v) is 17.8. The number of carbonyl (C=O) groups is 1. The Balaban J connectivity index is 1.59. The maximum Gasteiger partial charge on any atom is 0.407 e. The molecule has 3 aromatic rings. The number of ether oxygens (including phenoxy) is 1. The SMILES string of the molecule is CC(C)(C)OC(=O)NCc1cccc(-c2cccc(CNCc3cccnc3)c2)c1. The lowest BCUT2D eigenvalue weighted by Crippen LogP contribution is -2.32. The van der Waals surface area contributed by atoms with Crippen LogP contribution in [-0.2, 0) is 24.4 Å². The van der Waals surface area contributed by atoms with Crippen LogP contribution in [0.25, 0.3) is 11.1 Å². The van der Waals surface area contributed by atoms with Gasteiger partial charge in [0.15, 0.2) is 0 Å². The normalized spacial score (nSPS) is 11.2. The lowest BCUT2D eigenvalue weighted by molar-refractivity contribution is 0.0523. The van der Waals surface area contributed by atoms with Crippen molar-refractivity contribution in [3.05, 3.63) is 89.7 Å². The van der Waals surface area contributed by atoms with E-state index in [-0.39, 0.29) is 0 Å². The summed E-state index contributed by atoms with van der Waals surface area (Å²) in [4.78, 5) is 16.0. The first kappa shape index (κ1) is 21.5. The molecule has 0 saturated carbocycles. The molecule has 1 aromatic heterocycles. The minimum Gasteiger partial charge on any atom is -0.444 e. The van der Waals surface area contributed by atoms with Crippen LogP contribution in [0.15, 0.2) is 73.1 Å². The van der Waals surface area contributed by atoms with Crippen molar-refractivity contribution in [2.75, 3.05) is 0 Å². The summed E-state index contributed by atoms with van der Waals surface area (Å²) >= 11 is 0. The van der Waals surface area contributed by atoms with Crippen LogP contribution in [0.1, 0.15) is 37.5 Å². The van der Waals surface area contributed by atoms with Crippen molar-refractivity contribution in [2.45, 2.75) is 46.0 Å². The summed E-state index contributed by atoms with van der Waals surface area (Å²) in [6.07, 6.45) is 3.25. The molecule has 0 radical (unpaired) electrons. The van der Waals surface area contributed by atoms with Gasteiger partial charge in [0.1, 0.15) is 5.60 Å². The fourth-order valence-corrected chi connectivity index (χ4v) is 3.06. The van der Waals surface area contributed by atoms with E-state index in [0.29, 0.717) is 6.54 Å². The predicted molar refractivity (Wildman–Crippen MR) is 120 cm³/mol. The second-order valence-corrected chi connectivity index (χ2v) is 8.22. The lowest BCUT2D eigenvalue weighted by Gasteiger charge is -2.19. The highest BCUT2D eigenvalue weighted by atomic mass is 16.6. The van der Waals surface area contributed by atoms with Crippen LogP contribution < -0.4 is 10.6 Å². The van der Waals surface area contributed by atoms with Crippen LogP contribution in [0.4, 0.5) is 4.79 Å². The molecular formula is C25H29N3O2. The van der Waals surface area contributed by atoms with E-state index in [1.165, 1.54) is 11.1 Å². The van der Waals surface area contributed by atoms with Crippen molar-refractivity contribution >= 4 is 6.09 Å². The van der Waals surface area contributed by atoms with Crippen LogP contribution >= 0.6 is 0 Å². The van der Waals surface area contributed by atoms with E-state index >= 15 is 0 Å². The molecule has 2 N–H and O–H groups in total. The van der Waals surface area contributed by atoms with Gasteiger partial charge in [0, 0.05) is 32.0 Å². The molecule has 3 rings (SSSR count). The molecule has 0 atom stereocenters. The first-order valence-corrected chi connectivity index (χ1v) is 10.1. The Morgan fingerprint density at radius 3 is 2.07 bits per heavy atom. The molecule has 30 heavy (non-hydrogen) atoms. The van der Waals surface area contributed by atoms with Gasteiger partial charge in [0.2, 0.25) is 0 Å². The van der Waals surface area contributed by atoms with Gasteiger partial charge in [-0.15, -0.1) is 0 Å². The molecule has 2 aromatic carbocycles.